The number of nitrogens with zero attached hydrogens (tertiary/aromatic N) is 4. The lowest BCUT2D eigenvalue weighted by molar-refractivity contribution is -0.647. The van der Waals surface area contributed by atoms with Crippen molar-refractivity contribution < 1.29 is 4.57 Å². The minimum atomic E-state index is 0.829. The minimum Gasteiger partial charge on any atom is -0.291 e. The molecule has 0 aliphatic heterocycles. The molecule has 0 aliphatic rings. The monoisotopic (exact) mass is 150 g/mol. The van der Waals surface area contributed by atoms with E-state index in [4.69, 9.17) is 5.84 Å². The summed E-state index contributed by atoms with van der Waals surface area (Å²) in [5, 5.41) is 0. The van der Waals surface area contributed by atoms with Gasteiger partial charge in [-0.15, -0.1) is 0 Å². The maximum absolute atomic E-state index is 5.59. The molecule has 0 unspecified atom stereocenters. The fraction of sp³-hybridized carbons (Fsp3) is 0.167. The molecule has 2 aromatic rings. The summed E-state index contributed by atoms with van der Waals surface area (Å²) < 4.78 is 3.34. The molecule has 0 saturated heterocycles. The number of fused-ring (bicyclic) bond motifs is 1. The van der Waals surface area contributed by atoms with Crippen molar-refractivity contribution in [1.29, 1.82) is 0 Å². The Kier molecular flexibility index (Phi) is 1.06. The molecule has 56 valence electrons. The van der Waals surface area contributed by atoms with E-state index < -0.39 is 0 Å². The number of aryl methyl sites for hydroxylation is 1. The first-order chi connectivity index (χ1) is 5.29. The third kappa shape index (κ3) is 0.739. The molecule has 0 spiro atoms. The van der Waals surface area contributed by atoms with Crippen LogP contribution < -0.4 is 10.4 Å². The van der Waals surface area contributed by atoms with E-state index in [1.807, 2.05) is 11.6 Å². The van der Waals surface area contributed by atoms with Crippen LogP contribution in [0.3, 0.4) is 0 Å². The lowest BCUT2D eigenvalue weighted by atomic mass is 10.6. The molecule has 0 aliphatic carbocycles. The van der Waals surface area contributed by atoms with Gasteiger partial charge in [-0.05, 0) is 0 Å². The van der Waals surface area contributed by atoms with E-state index >= 15 is 0 Å². The maximum Gasteiger partial charge on any atom is 0.307 e. The van der Waals surface area contributed by atoms with Gasteiger partial charge in [0.25, 0.3) is 0 Å². The predicted octanol–water partition coefficient (Wildman–Crippen LogP) is -1.03. The number of hydrogen-bond donors (Lipinski definition) is 1. The van der Waals surface area contributed by atoms with Crippen molar-refractivity contribution in [2.45, 2.75) is 0 Å². The Morgan fingerprint density at radius 1 is 1.64 bits per heavy atom. The zero-order chi connectivity index (χ0) is 7.84. The number of nitrogen functional groups attached to an aromatic ring is 1. The predicted molar refractivity (Wildman–Crippen MR) is 38.9 cm³/mol. The minimum absolute atomic E-state index is 0.829. The van der Waals surface area contributed by atoms with Crippen molar-refractivity contribution in [3.63, 3.8) is 0 Å². The number of rotatable bonds is 0. The average molecular weight is 150 g/mol. The van der Waals surface area contributed by atoms with Gasteiger partial charge in [0.1, 0.15) is 0 Å². The van der Waals surface area contributed by atoms with Crippen molar-refractivity contribution in [2.75, 3.05) is 5.84 Å². The lowest BCUT2D eigenvalue weighted by Gasteiger charge is -1.81. The Balaban J connectivity index is 2.95. The van der Waals surface area contributed by atoms with Gasteiger partial charge < -0.3 is 0 Å². The molecule has 0 fully saturated rings. The standard InChI is InChI=1S/C6H8N5/c1-10-4-11(7)5-2-8-3-9-6(5)10/h2-4H,7H2,1H3/q+1. The summed E-state index contributed by atoms with van der Waals surface area (Å²) in [6.45, 7) is 0. The first kappa shape index (κ1) is 6.09. The van der Waals surface area contributed by atoms with Gasteiger partial charge >= 0.3 is 5.65 Å². The molecule has 0 atom stereocenters. The molecule has 2 aromatic heterocycles. The molecular formula is C6H8N5+. The summed E-state index contributed by atoms with van der Waals surface area (Å²) in [4.78, 5) is 7.91. The molecular weight excluding hydrogens is 142 g/mol. The third-order valence-corrected chi connectivity index (χ3v) is 1.58. The van der Waals surface area contributed by atoms with Crippen LogP contribution in [0.25, 0.3) is 11.2 Å². The van der Waals surface area contributed by atoms with Crippen molar-refractivity contribution in [3.05, 3.63) is 18.9 Å². The SMILES string of the molecule is C[n+]1cn(N)c2cncnc21. The highest BCUT2D eigenvalue weighted by Gasteiger charge is 2.10. The number of hydrogen-bond acceptors (Lipinski definition) is 3. The largest absolute Gasteiger partial charge is 0.307 e. The van der Waals surface area contributed by atoms with Gasteiger partial charge in [0, 0.05) is 0 Å². The second-order valence-electron chi connectivity index (χ2n) is 2.37. The lowest BCUT2D eigenvalue weighted by Crippen LogP contribution is -2.27. The molecule has 5 nitrogen and oxygen atoms in total. The van der Waals surface area contributed by atoms with Crippen molar-refractivity contribution in [2.24, 2.45) is 7.05 Å². The van der Waals surface area contributed by atoms with Gasteiger partial charge in [-0.25, -0.2) is 9.55 Å². The van der Waals surface area contributed by atoms with Gasteiger partial charge in [0.2, 0.25) is 11.8 Å². The van der Waals surface area contributed by atoms with E-state index in [0.29, 0.717) is 0 Å². The highest BCUT2D eigenvalue weighted by Crippen LogP contribution is 2.00. The summed E-state index contributed by atoms with van der Waals surface area (Å²) in [5.41, 5.74) is 1.66. The summed E-state index contributed by atoms with van der Waals surface area (Å²) in [6.07, 6.45) is 4.93. The van der Waals surface area contributed by atoms with Crippen LogP contribution >= 0.6 is 0 Å². The highest BCUT2D eigenvalue weighted by atomic mass is 15.3. The summed E-state index contributed by atoms with van der Waals surface area (Å²) in [7, 11) is 1.89. The Morgan fingerprint density at radius 2 is 2.45 bits per heavy atom. The van der Waals surface area contributed by atoms with E-state index in [1.54, 1.807) is 12.5 Å². The van der Waals surface area contributed by atoms with Crippen LogP contribution in [0.4, 0.5) is 0 Å². The van der Waals surface area contributed by atoms with E-state index in [-0.39, 0.29) is 0 Å². The molecule has 0 amide bonds. The Bertz CT molecular complexity index is 355. The maximum atomic E-state index is 5.59. The molecule has 0 radical (unpaired) electrons. The van der Waals surface area contributed by atoms with Crippen molar-refractivity contribution >= 4 is 11.2 Å². The van der Waals surface area contributed by atoms with Crippen LogP contribution in [0.15, 0.2) is 18.9 Å². The number of nitrogens with two attached hydrogens (primary N) is 1. The van der Waals surface area contributed by atoms with Crippen molar-refractivity contribution in [1.82, 2.24) is 14.6 Å². The zero-order valence-corrected chi connectivity index (χ0v) is 6.10. The van der Waals surface area contributed by atoms with Gasteiger partial charge in [0.15, 0.2) is 6.33 Å². The molecule has 0 bridgehead atoms. The van der Waals surface area contributed by atoms with Gasteiger partial charge in [-0.3, -0.25) is 5.84 Å². The normalized spacial score (nSPS) is 10.6. The summed E-state index contributed by atoms with van der Waals surface area (Å²) in [5.74, 6) is 5.59. The topological polar surface area (TPSA) is 60.6 Å². The number of imidazole rings is 1. The molecule has 2 heterocycles. The second-order valence-corrected chi connectivity index (χ2v) is 2.37. The van der Waals surface area contributed by atoms with E-state index in [2.05, 4.69) is 9.97 Å². The fourth-order valence-electron chi connectivity index (χ4n) is 1.07. The van der Waals surface area contributed by atoms with Crippen LogP contribution in [-0.2, 0) is 7.05 Å². The van der Waals surface area contributed by atoms with Gasteiger partial charge in [0.05, 0.1) is 13.2 Å². The van der Waals surface area contributed by atoms with E-state index in [1.165, 1.54) is 11.0 Å². The summed E-state index contributed by atoms with van der Waals surface area (Å²) in [6, 6.07) is 0. The molecule has 2 rings (SSSR count). The van der Waals surface area contributed by atoms with Crippen LogP contribution in [0, 0.1) is 0 Å². The Labute approximate surface area is 63.1 Å². The molecule has 11 heavy (non-hydrogen) atoms. The van der Waals surface area contributed by atoms with Crippen LogP contribution in [-0.4, -0.2) is 14.6 Å². The molecule has 0 saturated carbocycles. The third-order valence-electron chi connectivity index (χ3n) is 1.58. The van der Waals surface area contributed by atoms with Gasteiger partial charge in [-0.1, -0.05) is 4.98 Å². The quantitative estimate of drug-likeness (QED) is 0.386. The average Bonchev–Trinajstić information content (AvgIpc) is 2.30. The second kappa shape index (κ2) is 1.91. The summed E-state index contributed by atoms with van der Waals surface area (Å²) >= 11 is 0. The first-order valence-corrected chi connectivity index (χ1v) is 3.21. The van der Waals surface area contributed by atoms with Crippen LogP contribution in [0.5, 0.6) is 0 Å². The fourth-order valence-corrected chi connectivity index (χ4v) is 1.07. The molecule has 2 N–H and O–H groups in total. The van der Waals surface area contributed by atoms with Gasteiger partial charge in [-0.2, -0.15) is 4.68 Å². The number of aromatic nitrogens is 4. The van der Waals surface area contributed by atoms with Crippen molar-refractivity contribution in [3.8, 4) is 0 Å². The van der Waals surface area contributed by atoms with Crippen LogP contribution in [0.2, 0.25) is 0 Å². The molecule has 5 heteroatoms. The smallest absolute Gasteiger partial charge is 0.291 e. The van der Waals surface area contributed by atoms with E-state index in [0.717, 1.165) is 11.2 Å². The Morgan fingerprint density at radius 3 is 3.18 bits per heavy atom. The molecule has 0 aromatic carbocycles. The zero-order valence-electron chi connectivity index (χ0n) is 6.10. The first-order valence-electron chi connectivity index (χ1n) is 3.21. The Hall–Kier alpha value is -1.65. The highest BCUT2D eigenvalue weighted by molar-refractivity contribution is 5.65. The van der Waals surface area contributed by atoms with E-state index in [9.17, 15) is 0 Å². The van der Waals surface area contributed by atoms with Crippen LogP contribution in [0.1, 0.15) is 0 Å².